The van der Waals surface area contributed by atoms with Crippen molar-refractivity contribution >= 4 is 19.2 Å². The summed E-state index contributed by atoms with van der Waals surface area (Å²) in [6, 6.07) is 14.0. The van der Waals surface area contributed by atoms with E-state index in [-0.39, 0.29) is 24.7 Å². The number of phosphoric acid groups is 1. The number of aromatic nitrogens is 3. The summed E-state index contributed by atoms with van der Waals surface area (Å²) in [4.78, 5) is 14.5. The average Bonchev–Trinajstić information content (AvgIpc) is 3.76. The molecule has 4 rings (SSSR count). The number of ether oxygens (including phenoxy) is 3. The van der Waals surface area contributed by atoms with Crippen molar-refractivity contribution in [1.82, 2.24) is 14.6 Å². The quantitative estimate of drug-likeness (QED) is 0.0408. The monoisotopic (exact) mass is 812 g/mol. The summed E-state index contributed by atoms with van der Waals surface area (Å²) in [6.07, 6.45) is 15.9. The maximum atomic E-state index is 13.0. The number of anilines is 1. The molecule has 16 heteroatoms. The summed E-state index contributed by atoms with van der Waals surface area (Å²) >= 11 is 0. The predicted octanol–water partition coefficient (Wildman–Crippen LogP) is 7.02. The number of benzene rings is 1. The predicted molar refractivity (Wildman–Crippen MR) is 213 cm³/mol. The molecule has 0 bridgehead atoms. The van der Waals surface area contributed by atoms with Crippen LogP contribution in [0.4, 0.5) is 5.82 Å². The SMILES string of the molecule is CCCCCCCCCCCCCCCCCCOC[C@H](COP(=O)(O)OC[C@H]1O[C@@](C#N)(c2ccc3c(N)ncnn23)[C@H](O)[C@@H]1O)OCc1ccccc1C#N. The van der Waals surface area contributed by atoms with E-state index in [0.29, 0.717) is 23.3 Å². The lowest BCUT2D eigenvalue weighted by Gasteiger charge is -2.24. The third kappa shape index (κ3) is 14.1. The minimum Gasteiger partial charge on any atom is -0.387 e. The number of nitriles is 2. The van der Waals surface area contributed by atoms with Crippen LogP contribution in [0.3, 0.4) is 0 Å². The Hall–Kier alpha value is -3.47. The molecule has 0 saturated carbocycles. The first-order valence-corrected chi connectivity index (χ1v) is 22.0. The zero-order valence-electron chi connectivity index (χ0n) is 33.3. The average molecular weight is 813 g/mol. The number of hydrogen-bond donors (Lipinski definition) is 4. The number of aliphatic hydroxyl groups excluding tert-OH is 2. The van der Waals surface area contributed by atoms with Crippen molar-refractivity contribution in [2.24, 2.45) is 0 Å². The summed E-state index contributed by atoms with van der Waals surface area (Å²) in [6.45, 7) is 1.75. The molecule has 0 radical (unpaired) electrons. The van der Waals surface area contributed by atoms with E-state index < -0.39 is 51.1 Å². The second-order valence-corrected chi connectivity index (χ2v) is 16.2. The van der Waals surface area contributed by atoms with Gasteiger partial charge in [0.15, 0.2) is 5.82 Å². The Morgan fingerprint density at radius 3 is 2.18 bits per heavy atom. The van der Waals surface area contributed by atoms with E-state index in [1.165, 1.54) is 106 Å². The van der Waals surface area contributed by atoms with Crippen LogP contribution >= 0.6 is 7.82 Å². The Morgan fingerprint density at radius 1 is 0.912 bits per heavy atom. The van der Waals surface area contributed by atoms with Crippen molar-refractivity contribution in [2.45, 2.75) is 146 Å². The van der Waals surface area contributed by atoms with Crippen molar-refractivity contribution in [3.8, 4) is 12.1 Å². The molecular formula is C41H61N6O9P. The molecule has 15 nitrogen and oxygen atoms in total. The fraction of sp³-hybridized carbons (Fsp3) is 0.659. The number of aliphatic hydroxyl groups is 2. The van der Waals surface area contributed by atoms with Gasteiger partial charge in [-0.25, -0.2) is 14.1 Å². The van der Waals surface area contributed by atoms with E-state index in [2.05, 4.69) is 23.1 Å². The molecule has 0 amide bonds. The van der Waals surface area contributed by atoms with Gasteiger partial charge in [0.1, 0.15) is 42.3 Å². The van der Waals surface area contributed by atoms with E-state index in [4.69, 9.17) is 29.0 Å². The second-order valence-electron chi connectivity index (χ2n) is 14.7. The third-order valence-corrected chi connectivity index (χ3v) is 11.3. The smallest absolute Gasteiger partial charge is 0.387 e. The highest BCUT2D eigenvalue weighted by Crippen LogP contribution is 2.46. The van der Waals surface area contributed by atoms with Crippen LogP contribution in [0.1, 0.15) is 126 Å². The molecule has 0 aliphatic carbocycles. The van der Waals surface area contributed by atoms with Crippen LogP contribution in [0, 0.1) is 22.7 Å². The van der Waals surface area contributed by atoms with E-state index in [1.807, 2.05) is 6.07 Å². The van der Waals surface area contributed by atoms with Crippen molar-refractivity contribution in [3.63, 3.8) is 0 Å². The van der Waals surface area contributed by atoms with Gasteiger partial charge in [-0.15, -0.1) is 0 Å². The van der Waals surface area contributed by atoms with Gasteiger partial charge in [-0.2, -0.15) is 15.6 Å². The number of phosphoric ester groups is 1. The maximum absolute atomic E-state index is 13.0. The summed E-state index contributed by atoms with van der Waals surface area (Å²) in [5.74, 6) is 0.123. The van der Waals surface area contributed by atoms with Crippen molar-refractivity contribution < 1.29 is 42.9 Å². The van der Waals surface area contributed by atoms with Crippen LogP contribution in [0.25, 0.3) is 5.52 Å². The van der Waals surface area contributed by atoms with E-state index >= 15 is 0 Å². The molecule has 314 valence electrons. The Labute approximate surface area is 336 Å². The lowest BCUT2D eigenvalue weighted by molar-refractivity contribution is -0.0690. The topological polar surface area (TPSA) is 228 Å². The van der Waals surface area contributed by atoms with Crippen LogP contribution in [-0.4, -0.2) is 80.5 Å². The highest BCUT2D eigenvalue weighted by atomic mass is 31.2. The number of unbranched alkanes of at least 4 members (excludes halogenated alkanes) is 15. The molecule has 57 heavy (non-hydrogen) atoms. The molecule has 1 saturated heterocycles. The minimum absolute atomic E-state index is 0.0397. The third-order valence-electron chi connectivity index (χ3n) is 10.4. The van der Waals surface area contributed by atoms with Crippen molar-refractivity contribution in [2.75, 3.05) is 32.2 Å². The lowest BCUT2D eigenvalue weighted by atomic mass is 9.92. The maximum Gasteiger partial charge on any atom is 0.472 e. The molecular weight excluding hydrogens is 751 g/mol. The van der Waals surface area contributed by atoms with Crippen LogP contribution in [0.5, 0.6) is 0 Å². The highest BCUT2D eigenvalue weighted by molar-refractivity contribution is 7.47. The first-order chi connectivity index (χ1) is 27.7. The molecule has 6 atom stereocenters. The van der Waals surface area contributed by atoms with Crippen molar-refractivity contribution in [3.05, 3.63) is 59.5 Å². The largest absolute Gasteiger partial charge is 0.472 e. The fourth-order valence-corrected chi connectivity index (χ4v) is 7.77. The van der Waals surface area contributed by atoms with Gasteiger partial charge >= 0.3 is 7.82 Å². The van der Waals surface area contributed by atoms with Crippen molar-refractivity contribution in [1.29, 1.82) is 10.5 Å². The molecule has 3 heterocycles. The number of rotatable bonds is 29. The number of fused-ring (bicyclic) bond motifs is 1. The van der Waals surface area contributed by atoms with Gasteiger partial charge in [0.25, 0.3) is 0 Å². The van der Waals surface area contributed by atoms with Gasteiger partial charge in [-0.05, 0) is 30.2 Å². The van der Waals surface area contributed by atoms with Crippen LogP contribution < -0.4 is 5.73 Å². The minimum atomic E-state index is -4.78. The van der Waals surface area contributed by atoms with Crippen LogP contribution in [0.15, 0.2) is 42.7 Å². The molecule has 2 aromatic heterocycles. The fourth-order valence-electron chi connectivity index (χ4n) is 7.01. The molecule has 1 unspecified atom stereocenters. The summed E-state index contributed by atoms with van der Waals surface area (Å²) < 4.78 is 42.5. The number of hydrogen-bond acceptors (Lipinski definition) is 13. The normalized spacial score (nSPS) is 21.0. The summed E-state index contributed by atoms with van der Waals surface area (Å²) in [7, 11) is -4.78. The number of nitrogen functional groups attached to an aromatic ring is 1. The zero-order chi connectivity index (χ0) is 40.9. The van der Waals surface area contributed by atoms with E-state index in [1.54, 1.807) is 24.3 Å². The Kier molecular flexibility index (Phi) is 19.8. The van der Waals surface area contributed by atoms with Gasteiger partial charge in [-0.3, -0.25) is 9.05 Å². The van der Waals surface area contributed by atoms with Crippen LogP contribution in [-0.2, 0) is 40.0 Å². The van der Waals surface area contributed by atoms with Gasteiger partial charge < -0.3 is 35.1 Å². The molecule has 0 spiro atoms. The second kappa shape index (κ2) is 24.5. The Balaban J connectivity index is 1.19. The standard InChI is InChI=1S/C41H61N6O9P/c1-2-3-4-5-6-7-8-9-10-11-12-13-14-15-16-19-24-52-27-34(53-26-33-21-18-17-20-32(33)25-42)28-54-57(50,51)55-29-36-38(48)39(49)41(30-43,56-36)37-23-22-35-40(44)45-31-46-47(35)37/h17-18,20-23,31,34,36,38-39,48-49H,2-16,19,24,26-29H2,1H3,(H,50,51)(H2,44,45,46)/t34-,36-,38-,39-,41+/m1/s1. The zero-order valence-corrected chi connectivity index (χ0v) is 34.1. The number of nitrogens with two attached hydrogens (primary N) is 1. The van der Waals surface area contributed by atoms with Gasteiger partial charge in [0.2, 0.25) is 5.60 Å². The first kappa shape index (κ1) is 46.2. The van der Waals surface area contributed by atoms with Gasteiger partial charge in [0.05, 0.1) is 43.8 Å². The lowest BCUT2D eigenvalue weighted by Crippen LogP contribution is -2.41. The molecule has 1 aromatic carbocycles. The van der Waals surface area contributed by atoms with Gasteiger partial charge in [-0.1, -0.05) is 121 Å². The number of nitrogens with zero attached hydrogens (tertiary/aromatic N) is 5. The summed E-state index contributed by atoms with van der Waals surface area (Å²) in [5, 5.41) is 45.5. The van der Waals surface area contributed by atoms with E-state index in [9.17, 15) is 30.2 Å². The Bertz CT molecular complexity index is 1770. The van der Waals surface area contributed by atoms with Gasteiger partial charge in [0, 0.05) is 6.61 Å². The van der Waals surface area contributed by atoms with Crippen LogP contribution in [0.2, 0.25) is 0 Å². The highest BCUT2D eigenvalue weighted by Gasteiger charge is 2.58. The Morgan fingerprint density at radius 2 is 1.54 bits per heavy atom. The molecule has 1 fully saturated rings. The first-order valence-electron chi connectivity index (χ1n) is 20.5. The molecule has 3 aromatic rings. The summed E-state index contributed by atoms with van der Waals surface area (Å²) in [5.41, 5.74) is 5.31. The molecule has 5 N–H and O–H groups in total. The van der Waals surface area contributed by atoms with E-state index in [0.717, 1.165) is 19.3 Å². The molecule has 1 aliphatic heterocycles. The molecule has 1 aliphatic rings.